The monoisotopic (exact) mass is 430 g/mol. The molecule has 160 valence electrons. The molecule has 0 bridgehead atoms. The Balaban J connectivity index is 1.76. The molecule has 4 aromatic rings. The smallest absolute Gasteiger partial charge is 0.272 e. The van der Waals surface area contributed by atoms with Crippen molar-refractivity contribution in [3.8, 4) is 0 Å². The van der Waals surface area contributed by atoms with Gasteiger partial charge in [0.25, 0.3) is 5.91 Å². The molecular formula is C23H19FN6O2. The Bertz CT molecular complexity index is 1340. The molecule has 0 unspecified atom stereocenters. The lowest BCUT2D eigenvalue weighted by molar-refractivity contribution is 0.0997. The van der Waals surface area contributed by atoms with E-state index >= 15 is 0 Å². The molecule has 0 radical (unpaired) electrons. The van der Waals surface area contributed by atoms with Gasteiger partial charge in [0.15, 0.2) is 0 Å². The van der Waals surface area contributed by atoms with E-state index in [1.54, 1.807) is 53.1 Å². The van der Waals surface area contributed by atoms with Gasteiger partial charge in [0.05, 0.1) is 11.9 Å². The van der Waals surface area contributed by atoms with Crippen molar-refractivity contribution in [2.45, 2.75) is 6.54 Å². The second-order valence-electron chi connectivity index (χ2n) is 7.19. The molecule has 0 aliphatic rings. The number of anilines is 1. The number of pyridine rings is 1. The highest BCUT2D eigenvalue weighted by Crippen LogP contribution is 2.24. The van der Waals surface area contributed by atoms with E-state index in [1.807, 2.05) is 0 Å². The van der Waals surface area contributed by atoms with Crippen molar-refractivity contribution in [1.82, 2.24) is 9.55 Å². The van der Waals surface area contributed by atoms with Gasteiger partial charge in [-0.2, -0.15) is 4.39 Å². The predicted octanol–water partition coefficient (Wildman–Crippen LogP) is 2.86. The number of benzene rings is 2. The summed E-state index contributed by atoms with van der Waals surface area (Å²) in [6.45, 7) is 0.314. The first-order valence-electron chi connectivity index (χ1n) is 9.61. The van der Waals surface area contributed by atoms with E-state index in [0.29, 0.717) is 34.6 Å². The number of rotatable bonds is 6. The maximum Gasteiger partial charge on any atom is 0.272 e. The van der Waals surface area contributed by atoms with Gasteiger partial charge in [0, 0.05) is 28.6 Å². The number of carbonyl (C=O) groups is 2. The summed E-state index contributed by atoms with van der Waals surface area (Å²) < 4.78 is 14.9. The van der Waals surface area contributed by atoms with Gasteiger partial charge in [-0.1, -0.05) is 24.3 Å². The molecule has 2 amide bonds. The Morgan fingerprint density at radius 1 is 1.00 bits per heavy atom. The number of hydrogen-bond acceptors (Lipinski definition) is 4. The van der Waals surface area contributed by atoms with Gasteiger partial charge in [0.2, 0.25) is 11.9 Å². The fraction of sp³-hybridized carbons (Fsp3) is 0.0435. The number of nitrogens with one attached hydrogen (secondary N) is 2. The van der Waals surface area contributed by atoms with Crippen molar-refractivity contribution >= 4 is 34.2 Å². The standard InChI is InChI=1S/C23H19FN6O2/c24-20-8-7-17(11-28-20)29-23(32)19-9-15-5-6-16(21(25)26)10-18(15)30(19)12-13-1-3-14(4-2-13)22(27)31/h1-11H,12H2,(H3,25,26)(H2,27,31)(H,29,32). The number of carbonyl (C=O) groups excluding carboxylic acids is 2. The Hall–Kier alpha value is -4.53. The van der Waals surface area contributed by atoms with E-state index < -0.39 is 17.8 Å². The summed E-state index contributed by atoms with van der Waals surface area (Å²) in [6.07, 6.45) is 1.23. The largest absolute Gasteiger partial charge is 0.384 e. The Labute approximate surface area is 182 Å². The van der Waals surface area contributed by atoms with Gasteiger partial charge >= 0.3 is 0 Å². The van der Waals surface area contributed by atoms with Crippen LogP contribution in [-0.2, 0) is 6.54 Å². The van der Waals surface area contributed by atoms with Crippen LogP contribution in [0.1, 0.15) is 32.0 Å². The van der Waals surface area contributed by atoms with Crippen LogP contribution < -0.4 is 16.8 Å². The zero-order valence-electron chi connectivity index (χ0n) is 16.8. The fourth-order valence-electron chi connectivity index (χ4n) is 3.38. The van der Waals surface area contributed by atoms with Crippen LogP contribution >= 0.6 is 0 Å². The summed E-state index contributed by atoms with van der Waals surface area (Å²) in [5.74, 6) is -1.67. The summed E-state index contributed by atoms with van der Waals surface area (Å²) in [5, 5.41) is 11.2. The highest BCUT2D eigenvalue weighted by Gasteiger charge is 2.17. The highest BCUT2D eigenvalue weighted by atomic mass is 19.1. The lowest BCUT2D eigenvalue weighted by atomic mass is 10.1. The number of fused-ring (bicyclic) bond motifs is 1. The minimum Gasteiger partial charge on any atom is -0.384 e. The molecule has 2 heterocycles. The summed E-state index contributed by atoms with van der Waals surface area (Å²) in [6, 6.07) is 16.3. The van der Waals surface area contributed by atoms with Crippen molar-refractivity contribution < 1.29 is 14.0 Å². The summed E-state index contributed by atoms with van der Waals surface area (Å²) in [5.41, 5.74) is 14.1. The van der Waals surface area contributed by atoms with Crippen LogP contribution in [0.5, 0.6) is 0 Å². The normalized spacial score (nSPS) is 10.8. The van der Waals surface area contributed by atoms with Crippen LogP contribution in [0.15, 0.2) is 66.9 Å². The minimum absolute atomic E-state index is 0.0890. The number of hydrogen-bond donors (Lipinski definition) is 4. The molecule has 0 aliphatic heterocycles. The van der Waals surface area contributed by atoms with Gasteiger partial charge in [-0.3, -0.25) is 15.0 Å². The SMILES string of the molecule is N=C(N)c1ccc2cc(C(=O)Nc3ccc(F)nc3)n(Cc3ccc(C(N)=O)cc3)c2c1. The maximum atomic E-state index is 13.1. The van der Waals surface area contributed by atoms with Crippen molar-refractivity contribution in [2.75, 3.05) is 5.32 Å². The number of nitrogens with zero attached hydrogens (tertiary/aromatic N) is 2. The molecule has 0 aliphatic carbocycles. The summed E-state index contributed by atoms with van der Waals surface area (Å²) in [7, 11) is 0. The molecule has 9 heteroatoms. The average Bonchev–Trinajstić information content (AvgIpc) is 3.13. The van der Waals surface area contributed by atoms with Gasteiger partial charge < -0.3 is 21.4 Å². The molecular weight excluding hydrogens is 411 g/mol. The van der Waals surface area contributed by atoms with Gasteiger partial charge in [-0.05, 0) is 42.0 Å². The molecule has 0 atom stereocenters. The number of halogens is 1. The van der Waals surface area contributed by atoms with Crippen LogP contribution in [0.3, 0.4) is 0 Å². The van der Waals surface area contributed by atoms with Crippen molar-refractivity contribution in [3.05, 3.63) is 95.2 Å². The maximum absolute atomic E-state index is 13.1. The van der Waals surface area contributed by atoms with Crippen LogP contribution in [0.4, 0.5) is 10.1 Å². The van der Waals surface area contributed by atoms with E-state index in [9.17, 15) is 14.0 Å². The number of amides is 2. The number of nitrogen functional groups attached to an aromatic ring is 1. The van der Waals surface area contributed by atoms with Gasteiger partial charge in [-0.25, -0.2) is 4.98 Å². The fourth-order valence-corrected chi connectivity index (χ4v) is 3.38. The molecule has 2 aromatic carbocycles. The third-order valence-electron chi connectivity index (χ3n) is 5.01. The van der Waals surface area contributed by atoms with Crippen LogP contribution in [0.2, 0.25) is 0 Å². The number of primary amides is 1. The molecule has 8 nitrogen and oxygen atoms in total. The van der Waals surface area contributed by atoms with Crippen molar-refractivity contribution in [2.24, 2.45) is 11.5 Å². The van der Waals surface area contributed by atoms with Crippen LogP contribution in [-0.4, -0.2) is 27.2 Å². The third-order valence-corrected chi connectivity index (χ3v) is 5.01. The Kier molecular flexibility index (Phi) is 5.38. The molecule has 2 aromatic heterocycles. The second kappa shape index (κ2) is 8.31. The van der Waals surface area contributed by atoms with E-state index in [-0.39, 0.29) is 5.84 Å². The first kappa shape index (κ1) is 20.7. The van der Waals surface area contributed by atoms with Crippen molar-refractivity contribution in [3.63, 3.8) is 0 Å². The van der Waals surface area contributed by atoms with E-state index in [4.69, 9.17) is 16.9 Å². The van der Waals surface area contributed by atoms with Gasteiger partial charge in [0.1, 0.15) is 11.5 Å². The number of amidine groups is 1. The van der Waals surface area contributed by atoms with Crippen LogP contribution in [0, 0.1) is 11.4 Å². The molecule has 4 rings (SSSR count). The van der Waals surface area contributed by atoms with Crippen molar-refractivity contribution in [1.29, 1.82) is 5.41 Å². The first-order chi connectivity index (χ1) is 15.3. The molecule has 32 heavy (non-hydrogen) atoms. The summed E-state index contributed by atoms with van der Waals surface area (Å²) in [4.78, 5) is 28.0. The second-order valence-corrected chi connectivity index (χ2v) is 7.19. The Morgan fingerprint density at radius 2 is 1.72 bits per heavy atom. The predicted molar refractivity (Wildman–Crippen MR) is 119 cm³/mol. The van der Waals surface area contributed by atoms with Crippen LogP contribution in [0.25, 0.3) is 10.9 Å². The average molecular weight is 430 g/mol. The molecule has 0 fully saturated rings. The molecule has 0 spiro atoms. The zero-order chi connectivity index (χ0) is 22.8. The molecule has 0 saturated carbocycles. The zero-order valence-corrected chi connectivity index (χ0v) is 16.8. The topological polar surface area (TPSA) is 140 Å². The lowest BCUT2D eigenvalue weighted by Crippen LogP contribution is -2.18. The number of aromatic nitrogens is 2. The molecule has 0 saturated heterocycles. The lowest BCUT2D eigenvalue weighted by Gasteiger charge is -2.12. The van der Waals surface area contributed by atoms with E-state index in [2.05, 4.69) is 10.3 Å². The van der Waals surface area contributed by atoms with E-state index in [0.717, 1.165) is 17.0 Å². The third kappa shape index (κ3) is 4.17. The number of nitrogens with two attached hydrogens (primary N) is 2. The van der Waals surface area contributed by atoms with E-state index in [1.165, 1.54) is 12.3 Å². The molecule has 6 N–H and O–H groups in total. The first-order valence-corrected chi connectivity index (χ1v) is 9.61. The highest BCUT2D eigenvalue weighted by molar-refractivity contribution is 6.07. The quantitative estimate of drug-likeness (QED) is 0.212. The Morgan fingerprint density at radius 3 is 2.34 bits per heavy atom. The summed E-state index contributed by atoms with van der Waals surface area (Å²) >= 11 is 0. The van der Waals surface area contributed by atoms with Gasteiger partial charge in [-0.15, -0.1) is 0 Å². The minimum atomic E-state index is -0.645.